The average molecular weight is 424 g/mol. The Bertz CT molecular complexity index is 1210. The highest BCUT2D eigenvalue weighted by Crippen LogP contribution is 2.28. The minimum Gasteiger partial charge on any atom is -0.346 e. The van der Waals surface area contributed by atoms with E-state index in [1.165, 1.54) is 0 Å². The molecular formula is C22H22F2N6O. The topological polar surface area (TPSA) is 72.9 Å². The lowest BCUT2D eigenvalue weighted by Crippen LogP contribution is -2.40. The third kappa shape index (κ3) is 4.18. The summed E-state index contributed by atoms with van der Waals surface area (Å²) in [5, 5.41) is 4.99. The summed E-state index contributed by atoms with van der Waals surface area (Å²) < 4.78 is 34.0. The number of rotatable bonds is 5. The highest BCUT2D eigenvalue weighted by molar-refractivity contribution is 5.83. The molecule has 1 saturated heterocycles. The largest absolute Gasteiger partial charge is 0.346 e. The van der Waals surface area contributed by atoms with Gasteiger partial charge in [-0.3, -0.25) is 9.97 Å². The fourth-order valence-electron chi connectivity index (χ4n) is 3.90. The number of likely N-dealkylation sites (tertiary alicyclic amines) is 1. The monoisotopic (exact) mass is 424 g/mol. The third-order valence-electron chi connectivity index (χ3n) is 5.71. The zero-order valence-corrected chi connectivity index (χ0v) is 17.1. The molecule has 0 unspecified atom stereocenters. The van der Waals surface area contributed by atoms with Crippen molar-refractivity contribution in [1.82, 2.24) is 29.6 Å². The van der Waals surface area contributed by atoms with Gasteiger partial charge in [0.2, 0.25) is 11.7 Å². The standard InChI is InChI=1S/C22H22F2N6O/c1-15-27-21(28-31-15)16-2-6-25-18(12-16)19-13-20-17(14-26-19)3-7-30(20)11-10-29-8-4-22(23,24)5-9-29/h2-3,6-7,12-14H,4-5,8-11H2,1H3. The smallest absolute Gasteiger partial charge is 0.250 e. The number of halogens is 2. The van der Waals surface area contributed by atoms with E-state index in [2.05, 4.69) is 29.6 Å². The van der Waals surface area contributed by atoms with Crippen molar-refractivity contribution < 1.29 is 13.3 Å². The summed E-state index contributed by atoms with van der Waals surface area (Å²) in [6, 6.07) is 7.74. The van der Waals surface area contributed by atoms with Crippen molar-refractivity contribution in [1.29, 1.82) is 0 Å². The van der Waals surface area contributed by atoms with E-state index in [1.54, 1.807) is 13.1 Å². The van der Waals surface area contributed by atoms with Crippen molar-refractivity contribution in [3.05, 3.63) is 48.7 Å². The highest BCUT2D eigenvalue weighted by Gasteiger charge is 2.33. The van der Waals surface area contributed by atoms with Crippen LogP contribution in [0, 0.1) is 6.92 Å². The second-order valence-corrected chi connectivity index (χ2v) is 7.90. The first-order valence-corrected chi connectivity index (χ1v) is 10.3. The van der Waals surface area contributed by atoms with Crippen LogP contribution in [0.5, 0.6) is 0 Å². The average Bonchev–Trinajstić information content (AvgIpc) is 3.39. The number of alkyl halides is 2. The fraction of sp³-hybridized carbons (Fsp3) is 0.364. The van der Waals surface area contributed by atoms with E-state index in [-0.39, 0.29) is 12.8 Å². The van der Waals surface area contributed by atoms with Crippen LogP contribution in [0.15, 0.2) is 47.4 Å². The van der Waals surface area contributed by atoms with E-state index in [0.717, 1.165) is 35.2 Å². The first-order valence-electron chi connectivity index (χ1n) is 10.3. The van der Waals surface area contributed by atoms with Crippen LogP contribution >= 0.6 is 0 Å². The minimum absolute atomic E-state index is 0.0601. The molecule has 0 amide bonds. The van der Waals surface area contributed by atoms with Crippen LogP contribution in [-0.4, -0.2) is 55.1 Å². The van der Waals surface area contributed by atoms with Crippen LogP contribution in [0.25, 0.3) is 33.7 Å². The van der Waals surface area contributed by atoms with Crippen molar-refractivity contribution >= 4 is 10.9 Å². The van der Waals surface area contributed by atoms with Crippen LogP contribution in [0.3, 0.4) is 0 Å². The first-order chi connectivity index (χ1) is 15.0. The molecule has 0 bridgehead atoms. The SMILES string of the molecule is Cc1nc(-c2ccnc(-c3cc4c(ccn4CCN4CCC(F)(F)CC4)cn3)c2)no1. The maximum atomic E-state index is 13.4. The third-order valence-corrected chi connectivity index (χ3v) is 5.71. The van der Waals surface area contributed by atoms with Gasteiger partial charge in [-0.05, 0) is 24.3 Å². The van der Waals surface area contributed by atoms with E-state index < -0.39 is 5.92 Å². The molecule has 0 aromatic carbocycles. The lowest BCUT2D eigenvalue weighted by molar-refractivity contribution is -0.0554. The van der Waals surface area contributed by atoms with Gasteiger partial charge in [-0.1, -0.05) is 5.16 Å². The normalized spacial score (nSPS) is 16.7. The zero-order valence-electron chi connectivity index (χ0n) is 17.1. The van der Waals surface area contributed by atoms with E-state index in [0.29, 0.717) is 30.5 Å². The molecule has 4 aromatic rings. The number of aryl methyl sites for hydroxylation is 1. The molecule has 0 saturated carbocycles. The second kappa shape index (κ2) is 7.81. The summed E-state index contributed by atoms with van der Waals surface area (Å²) in [7, 11) is 0. The van der Waals surface area contributed by atoms with Gasteiger partial charge in [-0.15, -0.1) is 0 Å². The number of hydrogen-bond acceptors (Lipinski definition) is 6. The quantitative estimate of drug-likeness (QED) is 0.478. The Morgan fingerprint density at radius 3 is 2.65 bits per heavy atom. The summed E-state index contributed by atoms with van der Waals surface area (Å²) in [5.74, 6) is -1.50. The molecule has 160 valence electrons. The van der Waals surface area contributed by atoms with Crippen molar-refractivity contribution in [3.8, 4) is 22.8 Å². The summed E-state index contributed by atoms with van der Waals surface area (Å²) in [6.07, 6.45) is 5.42. The van der Waals surface area contributed by atoms with Crippen molar-refractivity contribution in [2.45, 2.75) is 32.2 Å². The van der Waals surface area contributed by atoms with Crippen LogP contribution in [-0.2, 0) is 6.54 Å². The lowest BCUT2D eigenvalue weighted by Gasteiger charge is -2.31. The number of nitrogens with zero attached hydrogens (tertiary/aromatic N) is 6. The number of fused-ring (bicyclic) bond motifs is 1. The van der Waals surface area contributed by atoms with Gasteiger partial charge in [0.25, 0.3) is 5.92 Å². The first kappa shape index (κ1) is 19.7. The molecule has 1 fully saturated rings. The van der Waals surface area contributed by atoms with Gasteiger partial charge in [-0.2, -0.15) is 4.98 Å². The van der Waals surface area contributed by atoms with Gasteiger partial charge in [0.15, 0.2) is 0 Å². The second-order valence-electron chi connectivity index (χ2n) is 7.90. The predicted molar refractivity (Wildman–Crippen MR) is 112 cm³/mol. The van der Waals surface area contributed by atoms with Crippen LogP contribution in [0.2, 0.25) is 0 Å². The molecule has 5 rings (SSSR count). The molecule has 0 radical (unpaired) electrons. The molecule has 1 aliphatic rings. The minimum atomic E-state index is -2.51. The van der Waals surface area contributed by atoms with E-state index >= 15 is 0 Å². The summed E-state index contributed by atoms with van der Waals surface area (Å²) in [4.78, 5) is 15.4. The summed E-state index contributed by atoms with van der Waals surface area (Å²) >= 11 is 0. The van der Waals surface area contributed by atoms with Crippen molar-refractivity contribution in [3.63, 3.8) is 0 Å². The lowest BCUT2D eigenvalue weighted by atomic mass is 10.1. The zero-order chi connectivity index (χ0) is 21.4. The van der Waals surface area contributed by atoms with Gasteiger partial charge < -0.3 is 14.0 Å². The number of hydrogen-bond donors (Lipinski definition) is 0. The summed E-state index contributed by atoms with van der Waals surface area (Å²) in [5.41, 5.74) is 3.30. The number of piperidine rings is 1. The van der Waals surface area contributed by atoms with Gasteiger partial charge in [0.1, 0.15) is 0 Å². The summed E-state index contributed by atoms with van der Waals surface area (Å²) in [6.45, 7) is 4.09. The Hall–Kier alpha value is -3.20. The molecule has 0 aliphatic carbocycles. The number of aromatic nitrogens is 5. The maximum Gasteiger partial charge on any atom is 0.250 e. The predicted octanol–water partition coefficient (Wildman–Crippen LogP) is 4.19. The van der Waals surface area contributed by atoms with E-state index in [1.807, 2.05) is 36.7 Å². The van der Waals surface area contributed by atoms with Crippen LogP contribution in [0.1, 0.15) is 18.7 Å². The molecule has 7 nitrogen and oxygen atoms in total. The van der Waals surface area contributed by atoms with Gasteiger partial charge in [0.05, 0.1) is 16.9 Å². The van der Waals surface area contributed by atoms with Crippen LogP contribution < -0.4 is 0 Å². The highest BCUT2D eigenvalue weighted by atomic mass is 19.3. The molecule has 0 spiro atoms. The molecule has 5 heterocycles. The Balaban J connectivity index is 1.37. The molecule has 0 atom stereocenters. The van der Waals surface area contributed by atoms with Gasteiger partial charge >= 0.3 is 0 Å². The maximum absolute atomic E-state index is 13.4. The Morgan fingerprint density at radius 2 is 1.87 bits per heavy atom. The fourth-order valence-corrected chi connectivity index (χ4v) is 3.90. The Kier molecular flexibility index (Phi) is 4.97. The van der Waals surface area contributed by atoms with Crippen molar-refractivity contribution in [2.75, 3.05) is 19.6 Å². The molecule has 31 heavy (non-hydrogen) atoms. The van der Waals surface area contributed by atoms with Crippen LogP contribution in [0.4, 0.5) is 8.78 Å². The molecule has 1 aliphatic heterocycles. The Labute approximate surface area is 177 Å². The molecule has 9 heteroatoms. The number of pyridine rings is 2. The molecule has 4 aromatic heterocycles. The van der Waals surface area contributed by atoms with E-state index in [9.17, 15) is 8.78 Å². The van der Waals surface area contributed by atoms with Crippen molar-refractivity contribution in [2.24, 2.45) is 0 Å². The van der Waals surface area contributed by atoms with E-state index in [4.69, 9.17) is 4.52 Å². The van der Waals surface area contributed by atoms with Gasteiger partial charge in [0, 0.05) is 75.5 Å². The molecule has 0 N–H and O–H groups in total. The van der Waals surface area contributed by atoms with Gasteiger partial charge in [-0.25, -0.2) is 8.78 Å². The molecular weight excluding hydrogens is 402 g/mol. The Morgan fingerprint density at radius 1 is 1.06 bits per heavy atom.